The fraction of sp³-hybridized carbons (Fsp3) is 0.133. The van der Waals surface area contributed by atoms with Gasteiger partial charge in [0.2, 0.25) is 0 Å². The van der Waals surface area contributed by atoms with Crippen molar-refractivity contribution in [2.45, 2.75) is 13.1 Å². The van der Waals surface area contributed by atoms with Gasteiger partial charge in [-0.2, -0.15) is 13.2 Å². The summed E-state index contributed by atoms with van der Waals surface area (Å²) < 4.78 is 39.3. The lowest BCUT2D eigenvalue weighted by Gasteiger charge is -2.11. The SMILES string of the molecule is Cc1nc(C(F)(F)F)ccc1C(=O)Nc1ccc(-n2cnnn2)cc1. The molecule has 2 aromatic heterocycles. The highest BCUT2D eigenvalue weighted by atomic mass is 19.4. The molecule has 3 aromatic rings. The first-order valence-corrected chi connectivity index (χ1v) is 7.04. The first-order chi connectivity index (χ1) is 11.8. The fourth-order valence-electron chi connectivity index (χ4n) is 2.13. The van der Waals surface area contributed by atoms with Crippen LogP contribution in [0.15, 0.2) is 42.7 Å². The zero-order valence-electron chi connectivity index (χ0n) is 12.8. The summed E-state index contributed by atoms with van der Waals surface area (Å²) in [6, 6.07) is 8.51. The Hall–Kier alpha value is -3.30. The number of aryl methyl sites for hydroxylation is 1. The van der Waals surface area contributed by atoms with Crippen LogP contribution < -0.4 is 5.32 Å². The Labute approximate surface area is 139 Å². The average Bonchev–Trinajstić information content (AvgIpc) is 3.09. The smallest absolute Gasteiger partial charge is 0.322 e. The van der Waals surface area contributed by atoms with Gasteiger partial charge in [0, 0.05) is 5.69 Å². The number of anilines is 1. The average molecular weight is 348 g/mol. The van der Waals surface area contributed by atoms with Crippen molar-refractivity contribution in [2.75, 3.05) is 5.32 Å². The predicted molar refractivity (Wildman–Crippen MR) is 81.1 cm³/mol. The van der Waals surface area contributed by atoms with Crippen LogP contribution in [0.5, 0.6) is 0 Å². The molecule has 0 aliphatic carbocycles. The Morgan fingerprint density at radius 2 is 1.84 bits per heavy atom. The van der Waals surface area contributed by atoms with Crippen LogP contribution in [0.3, 0.4) is 0 Å². The van der Waals surface area contributed by atoms with E-state index < -0.39 is 17.8 Å². The number of carbonyl (C=O) groups is 1. The van der Waals surface area contributed by atoms with Crippen LogP contribution in [0.25, 0.3) is 5.69 Å². The normalized spacial score (nSPS) is 11.4. The molecule has 1 amide bonds. The van der Waals surface area contributed by atoms with Crippen molar-refractivity contribution in [1.82, 2.24) is 25.2 Å². The number of aromatic nitrogens is 5. The molecule has 10 heteroatoms. The van der Waals surface area contributed by atoms with Gasteiger partial charge in [-0.05, 0) is 53.7 Å². The lowest BCUT2D eigenvalue weighted by molar-refractivity contribution is -0.141. The quantitative estimate of drug-likeness (QED) is 0.786. The van der Waals surface area contributed by atoms with Gasteiger partial charge < -0.3 is 5.32 Å². The number of carbonyl (C=O) groups excluding carboxylic acids is 1. The molecular formula is C15H11F3N6O. The van der Waals surface area contributed by atoms with Crippen LogP contribution in [-0.4, -0.2) is 31.1 Å². The summed E-state index contributed by atoms with van der Waals surface area (Å²) in [5.41, 5.74) is 0.194. The minimum Gasteiger partial charge on any atom is -0.322 e. The molecule has 7 nitrogen and oxygen atoms in total. The topological polar surface area (TPSA) is 85.6 Å². The monoisotopic (exact) mass is 348 g/mol. The lowest BCUT2D eigenvalue weighted by atomic mass is 10.1. The molecule has 0 radical (unpaired) electrons. The molecule has 0 aliphatic heterocycles. The Bertz CT molecular complexity index is 891. The number of amides is 1. The highest BCUT2D eigenvalue weighted by Crippen LogP contribution is 2.28. The van der Waals surface area contributed by atoms with Crippen LogP contribution in [0.4, 0.5) is 18.9 Å². The molecule has 0 bridgehead atoms. The van der Waals surface area contributed by atoms with Crippen molar-refractivity contribution in [1.29, 1.82) is 0 Å². The van der Waals surface area contributed by atoms with Crippen LogP contribution in [0, 0.1) is 6.92 Å². The Morgan fingerprint density at radius 1 is 1.12 bits per heavy atom. The second kappa shape index (κ2) is 6.30. The third kappa shape index (κ3) is 3.62. The van der Waals surface area contributed by atoms with Gasteiger partial charge >= 0.3 is 6.18 Å². The third-order valence-electron chi connectivity index (χ3n) is 3.36. The van der Waals surface area contributed by atoms with Crippen molar-refractivity contribution in [3.05, 3.63) is 59.7 Å². The number of nitrogens with one attached hydrogen (secondary N) is 1. The van der Waals surface area contributed by atoms with Crippen LogP contribution in [-0.2, 0) is 6.18 Å². The molecule has 0 aliphatic rings. The van der Waals surface area contributed by atoms with Gasteiger partial charge in [0.25, 0.3) is 5.91 Å². The maximum Gasteiger partial charge on any atom is 0.433 e. The van der Waals surface area contributed by atoms with Crippen LogP contribution in [0.1, 0.15) is 21.7 Å². The molecule has 0 fully saturated rings. The molecule has 1 N–H and O–H groups in total. The van der Waals surface area contributed by atoms with E-state index in [1.807, 2.05) is 0 Å². The Balaban J connectivity index is 1.76. The molecule has 0 saturated carbocycles. The van der Waals surface area contributed by atoms with Crippen molar-refractivity contribution < 1.29 is 18.0 Å². The van der Waals surface area contributed by atoms with E-state index in [0.29, 0.717) is 11.4 Å². The number of hydrogen-bond acceptors (Lipinski definition) is 5. The minimum atomic E-state index is -4.55. The van der Waals surface area contributed by atoms with Crippen molar-refractivity contribution in [3.63, 3.8) is 0 Å². The van der Waals surface area contributed by atoms with E-state index in [1.54, 1.807) is 24.3 Å². The van der Waals surface area contributed by atoms with Gasteiger partial charge in [-0.1, -0.05) is 0 Å². The summed E-state index contributed by atoms with van der Waals surface area (Å²) in [5.74, 6) is -0.547. The zero-order valence-corrected chi connectivity index (χ0v) is 12.8. The van der Waals surface area contributed by atoms with E-state index in [9.17, 15) is 18.0 Å². The fourth-order valence-corrected chi connectivity index (χ4v) is 2.13. The summed E-state index contributed by atoms with van der Waals surface area (Å²) in [5, 5.41) is 13.4. The standard InChI is InChI=1S/C15H11F3N6O/c1-9-12(6-7-13(20-9)15(16,17)18)14(25)21-10-2-4-11(5-3-10)24-8-19-22-23-24/h2-8H,1H3,(H,21,25). The van der Waals surface area contributed by atoms with Crippen LogP contribution in [0.2, 0.25) is 0 Å². The van der Waals surface area contributed by atoms with E-state index in [0.717, 1.165) is 12.1 Å². The predicted octanol–water partition coefficient (Wildman–Crippen LogP) is 2.64. The number of nitrogens with zero attached hydrogens (tertiary/aromatic N) is 5. The van der Waals surface area contributed by atoms with Gasteiger partial charge in [-0.25, -0.2) is 9.67 Å². The molecule has 25 heavy (non-hydrogen) atoms. The van der Waals surface area contributed by atoms with E-state index in [1.165, 1.54) is 17.9 Å². The molecule has 1 aromatic carbocycles. The van der Waals surface area contributed by atoms with Crippen molar-refractivity contribution >= 4 is 11.6 Å². The molecule has 0 unspecified atom stereocenters. The number of halogens is 3. The summed E-state index contributed by atoms with van der Waals surface area (Å²) in [6.45, 7) is 1.35. The molecule has 3 rings (SSSR count). The molecule has 0 saturated heterocycles. The molecule has 2 heterocycles. The molecule has 0 atom stereocenters. The van der Waals surface area contributed by atoms with E-state index in [2.05, 4.69) is 25.8 Å². The molecule has 0 spiro atoms. The number of hydrogen-bond donors (Lipinski definition) is 1. The molecular weight excluding hydrogens is 337 g/mol. The van der Waals surface area contributed by atoms with Gasteiger partial charge in [0.15, 0.2) is 0 Å². The first kappa shape index (κ1) is 16.6. The number of benzene rings is 1. The summed E-state index contributed by atoms with van der Waals surface area (Å²) in [4.78, 5) is 15.7. The summed E-state index contributed by atoms with van der Waals surface area (Å²) in [6.07, 6.45) is -3.13. The number of pyridine rings is 1. The number of alkyl halides is 3. The second-order valence-electron chi connectivity index (χ2n) is 5.08. The second-order valence-corrected chi connectivity index (χ2v) is 5.08. The third-order valence-corrected chi connectivity index (χ3v) is 3.36. The molecule has 128 valence electrons. The highest BCUT2D eigenvalue weighted by Gasteiger charge is 2.33. The summed E-state index contributed by atoms with van der Waals surface area (Å²) in [7, 11) is 0. The van der Waals surface area contributed by atoms with E-state index in [-0.39, 0.29) is 11.3 Å². The lowest BCUT2D eigenvalue weighted by Crippen LogP contribution is -2.16. The van der Waals surface area contributed by atoms with Gasteiger partial charge in [0.1, 0.15) is 12.0 Å². The largest absolute Gasteiger partial charge is 0.433 e. The maximum absolute atomic E-state index is 12.6. The van der Waals surface area contributed by atoms with Gasteiger partial charge in [0.05, 0.1) is 16.9 Å². The number of rotatable bonds is 3. The van der Waals surface area contributed by atoms with E-state index in [4.69, 9.17) is 0 Å². The van der Waals surface area contributed by atoms with Gasteiger partial charge in [-0.3, -0.25) is 4.79 Å². The Morgan fingerprint density at radius 3 is 2.40 bits per heavy atom. The Kier molecular flexibility index (Phi) is 4.17. The maximum atomic E-state index is 12.6. The van der Waals surface area contributed by atoms with Crippen molar-refractivity contribution in [2.24, 2.45) is 0 Å². The highest BCUT2D eigenvalue weighted by molar-refractivity contribution is 6.05. The first-order valence-electron chi connectivity index (χ1n) is 7.04. The van der Waals surface area contributed by atoms with Crippen molar-refractivity contribution in [3.8, 4) is 5.69 Å². The van der Waals surface area contributed by atoms with E-state index >= 15 is 0 Å². The summed E-state index contributed by atoms with van der Waals surface area (Å²) >= 11 is 0. The van der Waals surface area contributed by atoms with Gasteiger partial charge in [-0.15, -0.1) is 5.10 Å². The zero-order chi connectivity index (χ0) is 18.0. The minimum absolute atomic E-state index is 0.00219. The number of tetrazole rings is 1. The van der Waals surface area contributed by atoms with Crippen LogP contribution >= 0.6 is 0 Å².